The summed E-state index contributed by atoms with van der Waals surface area (Å²) in [5.74, 6) is 1.59. The predicted molar refractivity (Wildman–Crippen MR) is 110 cm³/mol. The van der Waals surface area contributed by atoms with Crippen LogP contribution in [0.15, 0.2) is 47.5 Å². The fraction of sp³-hybridized carbons (Fsp3) is 0.158. The highest BCUT2D eigenvalue weighted by Gasteiger charge is 2.12. The largest absolute Gasteiger partial charge is 0.497 e. The van der Waals surface area contributed by atoms with Crippen molar-refractivity contribution >= 4 is 55.3 Å². The second kappa shape index (κ2) is 7.50. The number of carbonyl (C=O) groups excluding carboxylic acids is 1. The quantitative estimate of drug-likeness (QED) is 0.401. The van der Waals surface area contributed by atoms with Crippen LogP contribution in [0.2, 0.25) is 0 Å². The number of aromatic nitrogens is 3. The monoisotopic (exact) mass is 396 g/mol. The Bertz CT molecular complexity index is 1140. The summed E-state index contributed by atoms with van der Waals surface area (Å²) in [6, 6.07) is 13.4. The molecule has 0 aliphatic heterocycles. The molecule has 6 nitrogen and oxygen atoms in total. The number of benzene rings is 2. The maximum atomic E-state index is 12.4. The first-order chi connectivity index (χ1) is 13.1. The van der Waals surface area contributed by atoms with Gasteiger partial charge in [-0.15, -0.1) is 0 Å². The van der Waals surface area contributed by atoms with Gasteiger partial charge in [0.15, 0.2) is 5.13 Å². The first kappa shape index (κ1) is 17.7. The molecule has 4 rings (SSSR count). The van der Waals surface area contributed by atoms with Crippen LogP contribution < -0.4 is 10.1 Å². The van der Waals surface area contributed by atoms with Crippen LogP contribution >= 0.6 is 23.1 Å². The lowest BCUT2D eigenvalue weighted by Crippen LogP contribution is -2.14. The van der Waals surface area contributed by atoms with E-state index in [0.29, 0.717) is 11.0 Å². The van der Waals surface area contributed by atoms with E-state index in [4.69, 9.17) is 4.74 Å². The second-order valence-electron chi connectivity index (χ2n) is 5.78. The molecular weight excluding hydrogens is 380 g/mol. The van der Waals surface area contributed by atoms with E-state index in [9.17, 15) is 4.79 Å². The van der Waals surface area contributed by atoms with Gasteiger partial charge >= 0.3 is 0 Å². The molecule has 0 bridgehead atoms. The molecule has 2 aromatic carbocycles. The van der Waals surface area contributed by atoms with Gasteiger partial charge in [-0.2, -0.15) is 0 Å². The van der Waals surface area contributed by atoms with Gasteiger partial charge in [0.25, 0.3) is 0 Å². The lowest BCUT2D eigenvalue weighted by molar-refractivity contribution is -0.113. The highest BCUT2D eigenvalue weighted by Crippen LogP contribution is 2.30. The van der Waals surface area contributed by atoms with Gasteiger partial charge in [-0.05, 0) is 31.2 Å². The number of carbonyl (C=O) groups is 1. The fourth-order valence-corrected chi connectivity index (χ4v) is 4.42. The third kappa shape index (κ3) is 3.86. The summed E-state index contributed by atoms with van der Waals surface area (Å²) in [4.78, 5) is 25.7. The Morgan fingerprint density at radius 2 is 2.00 bits per heavy atom. The molecule has 0 fully saturated rings. The van der Waals surface area contributed by atoms with Crippen molar-refractivity contribution in [1.29, 1.82) is 0 Å². The van der Waals surface area contributed by atoms with Gasteiger partial charge in [0.2, 0.25) is 5.91 Å². The standard InChI is InChI=1S/C19H16N4O2S2/c1-11-20-14-6-4-3-5-13(14)18(21-11)26-10-17(24)23-19-22-15-8-7-12(25-2)9-16(15)27-19/h3-9H,10H2,1-2H3,(H,22,23,24). The van der Waals surface area contributed by atoms with E-state index in [2.05, 4.69) is 20.3 Å². The van der Waals surface area contributed by atoms with Crippen molar-refractivity contribution in [2.24, 2.45) is 0 Å². The zero-order valence-corrected chi connectivity index (χ0v) is 16.4. The molecule has 2 aromatic heterocycles. The van der Waals surface area contributed by atoms with Crippen molar-refractivity contribution in [3.63, 3.8) is 0 Å². The Balaban J connectivity index is 1.47. The summed E-state index contributed by atoms with van der Waals surface area (Å²) >= 11 is 2.82. The van der Waals surface area contributed by atoms with Crippen molar-refractivity contribution in [1.82, 2.24) is 15.0 Å². The Labute approximate surface area is 164 Å². The minimum absolute atomic E-state index is 0.119. The van der Waals surface area contributed by atoms with Crippen molar-refractivity contribution in [3.05, 3.63) is 48.3 Å². The van der Waals surface area contributed by atoms with Crippen LogP contribution in [-0.4, -0.2) is 33.7 Å². The zero-order chi connectivity index (χ0) is 18.8. The Kier molecular flexibility index (Phi) is 4.91. The molecule has 0 atom stereocenters. The summed E-state index contributed by atoms with van der Waals surface area (Å²) in [7, 11) is 1.63. The van der Waals surface area contributed by atoms with Gasteiger partial charge in [0.05, 0.1) is 28.6 Å². The third-order valence-electron chi connectivity index (χ3n) is 3.86. The number of nitrogens with one attached hydrogen (secondary N) is 1. The molecule has 27 heavy (non-hydrogen) atoms. The van der Waals surface area contributed by atoms with Gasteiger partial charge in [-0.3, -0.25) is 4.79 Å². The summed E-state index contributed by atoms with van der Waals surface area (Å²) in [5.41, 5.74) is 1.72. The number of fused-ring (bicyclic) bond motifs is 2. The zero-order valence-electron chi connectivity index (χ0n) is 14.7. The molecule has 0 unspecified atom stereocenters. The van der Waals surface area contributed by atoms with E-state index in [1.54, 1.807) is 7.11 Å². The number of thiazole rings is 1. The van der Waals surface area contributed by atoms with E-state index in [1.807, 2.05) is 49.4 Å². The first-order valence-corrected chi connectivity index (χ1v) is 10.0. The number of thioether (sulfide) groups is 1. The molecule has 0 saturated carbocycles. The van der Waals surface area contributed by atoms with Crippen LogP contribution in [0.4, 0.5) is 5.13 Å². The van der Waals surface area contributed by atoms with Gasteiger partial charge in [0.1, 0.15) is 16.6 Å². The van der Waals surface area contributed by atoms with Gasteiger partial charge < -0.3 is 10.1 Å². The molecule has 0 radical (unpaired) electrons. The van der Waals surface area contributed by atoms with Crippen LogP contribution in [0.5, 0.6) is 5.75 Å². The number of hydrogen-bond donors (Lipinski definition) is 1. The minimum Gasteiger partial charge on any atom is -0.497 e. The van der Waals surface area contributed by atoms with Gasteiger partial charge in [0, 0.05) is 5.39 Å². The number of amides is 1. The average Bonchev–Trinajstić information content (AvgIpc) is 3.07. The summed E-state index contributed by atoms with van der Waals surface area (Å²) in [5, 5.41) is 5.20. The molecule has 2 heterocycles. The van der Waals surface area contributed by atoms with Crippen LogP contribution in [0.3, 0.4) is 0 Å². The summed E-state index contributed by atoms with van der Waals surface area (Å²) in [6.45, 7) is 1.85. The Morgan fingerprint density at radius 3 is 2.85 bits per heavy atom. The number of ether oxygens (including phenoxy) is 1. The maximum Gasteiger partial charge on any atom is 0.236 e. The van der Waals surface area contributed by atoms with Crippen molar-refractivity contribution in [2.75, 3.05) is 18.2 Å². The van der Waals surface area contributed by atoms with Crippen LogP contribution in [0, 0.1) is 6.92 Å². The second-order valence-corrected chi connectivity index (χ2v) is 7.78. The predicted octanol–water partition coefficient (Wildman–Crippen LogP) is 4.29. The summed E-state index contributed by atoms with van der Waals surface area (Å²) < 4.78 is 6.19. The number of nitrogens with zero attached hydrogens (tertiary/aromatic N) is 3. The van der Waals surface area contributed by atoms with Crippen LogP contribution in [0.1, 0.15) is 5.82 Å². The van der Waals surface area contributed by atoms with Crippen molar-refractivity contribution in [2.45, 2.75) is 11.9 Å². The number of hydrogen-bond acceptors (Lipinski definition) is 7. The molecule has 4 aromatic rings. The number of aryl methyl sites for hydroxylation is 1. The number of para-hydroxylation sites is 1. The maximum absolute atomic E-state index is 12.4. The lowest BCUT2D eigenvalue weighted by atomic mass is 10.2. The van der Waals surface area contributed by atoms with E-state index in [-0.39, 0.29) is 11.7 Å². The van der Waals surface area contributed by atoms with Crippen molar-refractivity contribution < 1.29 is 9.53 Å². The molecule has 8 heteroatoms. The van der Waals surface area contributed by atoms with Gasteiger partial charge in [-0.25, -0.2) is 15.0 Å². The molecule has 1 N–H and O–H groups in total. The highest BCUT2D eigenvalue weighted by atomic mass is 32.2. The average molecular weight is 396 g/mol. The molecule has 0 spiro atoms. The highest BCUT2D eigenvalue weighted by molar-refractivity contribution is 8.00. The van der Waals surface area contributed by atoms with E-state index < -0.39 is 0 Å². The SMILES string of the molecule is COc1ccc2nc(NC(=O)CSc3nc(C)nc4ccccc34)sc2c1. The lowest BCUT2D eigenvalue weighted by Gasteiger charge is -2.06. The topological polar surface area (TPSA) is 77.0 Å². The van der Waals surface area contributed by atoms with E-state index >= 15 is 0 Å². The van der Waals surface area contributed by atoms with Crippen LogP contribution in [-0.2, 0) is 4.79 Å². The smallest absolute Gasteiger partial charge is 0.236 e. The number of rotatable bonds is 5. The molecular formula is C19H16N4O2S2. The fourth-order valence-electron chi connectivity index (χ4n) is 2.64. The number of methoxy groups -OCH3 is 1. The molecule has 136 valence electrons. The minimum atomic E-state index is -0.119. The third-order valence-corrected chi connectivity index (χ3v) is 5.79. The van der Waals surface area contributed by atoms with Gasteiger partial charge in [-0.1, -0.05) is 41.3 Å². The van der Waals surface area contributed by atoms with Crippen molar-refractivity contribution in [3.8, 4) is 5.75 Å². The Hall–Kier alpha value is -2.71. The Morgan fingerprint density at radius 1 is 1.15 bits per heavy atom. The van der Waals surface area contributed by atoms with Crippen LogP contribution in [0.25, 0.3) is 21.1 Å². The molecule has 0 aliphatic carbocycles. The first-order valence-electron chi connectivity index (χ1n) is 8.23. The van der Waals surface area contributed by atoms with E-state index in [0.717, 1.165) is 31.9 Å². The summed E-state index contributed by atoms with van der Waals surface area (Å²) in [6.07, 6.45) is 0. The molecule has 0 aliphatic rings. The number of anilines is 1. The van der Waals surface area contributed by atoms with E-state index in [1.165, 1.54) is 23.1 Å². The molecule has 0 saturated heterocycles. The molecule has 1 amide bonds. The normalized spacial score (nSPS) is 11.0.